The average Bonchev–Trinajstić information content (AvgIpc) is 2.44. The molecule has 0 radical (unpaired) electrons. The number of nitrogens with one attached hydrogen (secondary N) is 2. The molecular weight excluding hydrogens is 328 g/mol. The molecule has 2 saturated carbocycles. The molecule has 0 aromatic rings. The van der Waals surface area contributed by atoms with E-state index in [1.54, 1.807) is 6.92 Å². The summed E-state index contributed by atoms with van der Waals surface area (Å²) in [7, 11) is -3.19. The molecule has 1 atom stereocenters. The molecule has 7 heteroatoms. The third-order valence-corrected chi connectivity index (χ3v) is 8.62. The lowest BCUT2D eigenvalue weighted by atomic mass is 9.69. The second kappa shape index (κ2) is 6.32. The van der Waals surface area contributed by atoms with Gasteiger partial charge >= 0.3 is 0 Å². The number of hydrogen-bond acceptors (Lipinski definition) is 4. The van der Waals surface area contributed by atoms with Gasteiger partial charge in [0.2, 0.25) is 11.8 Å². The molecule has 3 rings (SSSR count). The SMILES string of the molecule is CCC(=O)NC1CCS(=O)(=O)C2(C1)CC(C(=O)NC1CC(C)C1)C2. The van der Waals surface area contributed by atoms with Crippen LogP contribution in [0, 0.1) is 11.8 Å². The van der Waals surface area contributed by atoms with Crippen molar-refractivity contribution in [3.05, 3.63) is 0 Å². The molecule has 3 aliphatic rings. The maximum absolute atomic E-state index is 12.5. The zero-order chi connectivity index (χ0) is 17.5. The highest BCUT2D eigenvalue weighted by Gasteiger charge is 2.58. The first-order valence-corrected chi connectivity index (χ1v) is 10.7. The van der Waals surface area contributed by atoms with Gasteiger partial charge in [0, 0.05) is 24.4 Å². The van der Waals surface area contributed by atoms with Gasteiger partial charge in [-0.15, -0.1) is 0 Å². The van der Waals surface area contributed by atoms with Crippen molar-refractivity contribution in [3.8, 4) is 0 Å². The second-order valence-electron chi connectivity index (χ2n) is 8.00. The summed E-state index contributed by atoms with van der Waals surface area (Å²) in [4.78, 5) is 23.9. The van der Waals surface area contributed by atoms with Gasteiger partial charge in [-0.3, -0.25) is 9.59 Å². The van der Waals surface area contributed by atoms with Crippen molar-refractivity contribution < 1.29 is 18.0 Å². The first kappa shape index (κ1) is 17.7. The monoisotopic (exact) mass is 356 g/mol. The lowest BCUT2D eigenvalue weighted by Crippen LogP contribution is -2.61. The predicted octanol–water partition coefficient (Wildman–Crippen LogP) is 1.15. The van der Waals surface area contributed by atoms with Gasteiger partial charge in [0.1, 0.15) is 0 Å². The molecule has 1 heterocycles. The van der Waals surface area contributed by atoms with Gasteiger partial charge in [0.15, 0.2) is 9.84 Å². The lowest BCUT2D eigenvalue weighted by Gasteiger charge is -2.50. The Bertz CT molecular complexity index is 619. The van der Waals surface area contributed by atoms with E-state index in [4.69, 9.17) is 0 Å². The summed E-state index contributed by atoms with van der Waals surface area (Å²) in [5.41, 5.74) is 0. The normalized spacial score (nSPS) is 40.2. The van der Waals surface area contributed by atoms with E-state index in [2.05, 4.69) is 17.6 Å². The number of amides is 2. The number of sulfone groups is 1. The molecule has 2 N–H and O–H groups in total. The predicted molar refractivity (Wildman–Crippen MR) is 91.0 cm³/mol. The molecule has 1 unspecified atom stereocenters. The summed E-state index contributed by atoms with van der Waals surface area (Å²) in [5, 5.41) is 5.97. The van der Waals surface area contributed by atoms with Crippen molar-refractivity contribution in [2.45, 2.75) is 75.6 Å². The largest absolute Gasteiger partial charge is 0.353 e. The Hall–Kier alpha value is -1.11. The fourth-order valence-corrected chi connectivity index (χ4v) is 6.82. The number of hydrogen-bond donors (Lipinski definition) is 2. The molecule has 1 spiro atoms. The fraction of sp³-hybridized carbons (Fsp3) is 0.882. The van der Waals surface area contributed by atoms with E-state index < -0.39 is 14.6 Å². The molecule has 1 aliphatic heterocycles. The molecule has 136 valence electrons. The van der Waals surface area contributed by atoms with Crippen LogP contribution < -0.4 is 10.6 Å². The maximum Gasteiger partial charge on any atom is 0.223 e. The summed E-state index contributed by atoms with van der Waals surface area (Å²) < 4.78 is 24.3. The number of carbonyl (C=O) groups is 2. The summed E-state index contributed by atoms with van der Waals surface area (Å²) in [5.74, 6) is 0.548. The minimum atomic E-state index is -3.19. The van der Waals surface area contributed by atoms with E-state index in [0.717, 1.165) is 12.8 Å². The lowest BCUT2D eigenvalue weighted by molar-refractivity contribution is -0.130. The van der Waals surface area contributed by atoms with Gasteiger partial charge in [0.05, 0.1) is 10.5 Å². The van der Waals surface area contributed by atoms with Crippen LogP contribution in [0.15, 0.2) is 0 Å². The molecule has 0 bridgehead atoms. The van der Waals surface area contributed by atoms with E-state index in [1.807, 2.05) is 0 Å². The molecule has 0 aromatic carbocycles. The first-order chi connectivity index (χ1) is 11.2. The molecule has 2 amide bonds. The Morgan fingerprint density at radius 1 is 1.08 bits per heavy atom. The van der Waals surface area contributed by atoms with Crippen molar-refractivity contribution in [1.29, 1.82) is 0 Å². The smallest absolute Gasteiger partial charge is 0.223 e. The van der Waals surface area contributed by atoms with Gasteiger partial charge in [-0.2, -0.15) is 0 Å². The van der Waals surface area contributed by atoms with Gasteiger partial charge < -0.3 is 10.6 Å². The van der Waals surface area contributed by atoms with Crippen molar-refractivity contribution in [1.82, 2.24) is 10.6 Å². The van der Waals surface area contributed by atoms with Gasteiger partial charge in [-0.25, -0.2) is 8.42 Å². The third kappa shape index (κ3) is 3.19. The van der Waals surface area contributed by atoms with Crippen LogP contribution in [-0.2, 0) is 19.4 Å². The molecule has 2 aliphatic carbocycles. The third-order valence-electron chi connectivity index (χ3n) is 6.03. The Kier molecular flexibility index (Phi) is 4.66. The van der Waals surface area contributed by atoms with E-state index in [9.17, 15) is 18.0 Å². The molecular formula is C17H28N2O4S. The Labute approximate surface area is 144 Å². The van der Waals surface area contributed by atoms with Crippen molar-refractivity contribution in [2.24, 2.45) is 11.8 Å². The highest BCUT2D eigenvalue weighted by Crippen LogP contribution is 2.50. The van der Waals surface area contributed by atoms with E-state index in [0.29, 0.717) is 38.0 Å². The Morgan fingerprint density at radius 3 is 2.33 bits per heavy atom. The van der Waals surface area contributed by atoms with Gasteiger partial charge in [-0.05, 0) is 44.4 Å². The van der Waals surface area contributed by atoms with Crippen LogP contribution in [-0.4, -0.2) is 42.8 Å². The van der Waals surface area contributed by atoms with E-state index in [1.165, 1.54) is 0 Å². The number of carbonyl (C=O) groups excluding carboxylic acids is 2. The standard InChI is InChI=1S/C17H28N2O4S/c1-3-15(20)18-13-4-5-24(22,23)17(10-13)8-12(9-17)16(21)19-14-6-11(2)7-14/h11-14H,3-10H2,1-2H3,(H,18,20)(H,19,21). The van der Waals surface area contributed by atoms with E-state index in [-0.39, 0.29) is 35.6 Å². The first-order valence-electron chi connectivity index (χ1n) is 9.07. The van der Waals surface area contributed by atoms with Crippen LogP contribution in [0.25, 0.3) is 0 Å². The summed E-state index contributed by atoms with van der Waals surface area (Å²) in [6.45, 7) is 3.95. The molecule has 1 saturated heterocycles. The Morgan fingerprint density at radius 2 is 1.75 bits per heavy atom. The highest BCUT2D eigenvalue weighted by molar-refractivity contribution is 7.92. The quantitative estimate of drug-likeness (QED) is 0.790. The second-order valence-corrected chi connectivity index (χ2v) is 10.5. The topological polar surface area (TPSA) is 92.3 Å². The summed E-state index contributed by atoms with van der Waals surface area (Å²) in [6.07, 6.45) is 4.18. The van der Waals surface area contributed by atoms with Crippen LogP contribution in [0.1, 0.15) is 58.8 Å². The fourth-order valence-electron chi connectivity index (χ4n) is 4.43. The minimum absolute atomic E-state index is 0.00689. The van der Waals surface area contributed by atoms with Gasteiger partial charge in [0.25, 0.3) is 0 Å². The van der Waals surface area contributed by atoms with Crippen LogP contribution >= 0.6 is 0 Å². The molecule has 0 aromatic heterocycles. The number of rotatable bonds is 4. The van der Waals surface area contributed by atoms with Crippen LogP contribution in [0.5, 0.6) is 0 Å². The van der Waals surface area contributed by atoms with Crippen LogP contribution in [0.4, 0.5) is 0 Å². The molecule has 24 heavy (non-hydrogen) atoms. The van der Waals surface area contributed by atoms with E-state index >= 15 is 0 Å². The van der Waals surface area contributed by atoms with Crippen molar-refractivity contribution in [2.75, 3.05) is 5.75 Å². The summed E-state index contributed by atoms with van der Waals surface area (Å²) >= 11 is 0. The average molecular weight is 356 g/mol. The van der Waals surface area contributed by atoms with Gasteiger partial charge in [-0.1, -0.05) is 13.8 Å². The zero-order valence-corrected chi connectivity index (χ0v) is 15.3. The van der Waals surface area contributed by atoms with Crippen LogP contribution in [0.3, 0.4) is 0 Å². The minimum Gasteiger partial charge on any atom is -0.353 e. The zero-order valence-electron chi connectivity index (χ0n) is 14.5. The van der Waals surface area contributed by atoms with Crippen LogP contribution in [0.2, 0.25) is 0 Å². The molecule has 6 nitrogen and oxygen atoms in total. The highest BCUT2D eigenvalue weighted by atomic mass is 32.2. The maximum atomic E-state index is 12.5. The van der Waals surface area contributed by atoms with Crippen molar-refractivity contribution >= 4 is 21.7 Å². The van der Waals surface area contributed by atoms with Crippen molar-refractivity contribution in [3.63, 3.8) is 0 Å². The summed E-state index contributed by atoms with van der Waals surface area (Å²) in [6, 6.07) is 0.182. The Balaban J connectivity index is 1.58. The molecule has 3 fully saturated rings.